The van der Waals surface area contributed by atoms with Crippen molar-refractivity contribution in [2.24, 2.45) is 21.7 Å². The molecule has 0 aromatic heterocycles. The van der Waals surface area contributed by atoms with Crippen LogP contribution >= 0.6 is 0 Å². The maximum absolute atomic E-state index is 10.7. The van der Waals surface area contributed by atoms with E-state index in [4.69, 9.17) is 16.0 Å². The monoisotopic (exact) mass is 206 g/mol. The third-order valence-corrected chi connectivity index (χ3v) is 2.59. The van der Waals surface area contributed by atoms with Crippen molar-refractivity contribution in [1.82, 2.24) is 0 Å². The molecule has 1 heterocycles. The molecule has 0 aromatic carbocycles. The topological polar surface area (TPSA) is 148 Å². The number of nitrogens with zero attached hydrogens (tertiary/aromatic N) is 2. The van der Waals surface area contributed by atoms with Crippen LogP contribution in [0.1, 0.15) is 0 Å². The van der Waals surface area contributed by atoms with Gasteiger partial charge in [0.2, 0.25) is 0 Å². The molecule has 1 rings (SSSR count). The Morgan fingerprint density at radius 3 is 2.31 bits per heavy atom. The number of carbonyl (C=O) groups is 1. The Kier molecular flexibility index (Phi) is 1.85. The van der Waals surface area contributed by atoms with Gasteiger partial charge in [0.05, 0.1) is 0 Å². The second kappa shape index (κ2) is 2.50. The van der Waals surface area contributed by atoms with E-state index in [9.17, 15) is 13.2 Å². The Hall–Kier alpha value is -1.48. The fourth-order valence-corrected chi connectivity index (χ4v) is 1.43. The van der Waals surface area contributed by atoms with Crippen LogP contribution < -0.4 is 11.5 Å². The van der Waals surface area contributed by atoms with Crippen molar-refractivity contribution in [3.05, 3.63) is 11.9 Å². The van der Waals surface area contributed by atoms with Crippen molar-refractivity contribution in [3.63, 3.8) is 0 Å². The van der Waals surface area contributed by atoms with Crippen molar-refractivity contribution < 1.29 is 17.8 Å². The average Bonchev–Trinajstić information content (AvgIpc) is 2.30. The van der Waals surface area contributed by atoms with Crippen LogP contribution in [0.2, 0.25) is 0 Å². The summed E-state index contributed by atoms with van der Waals surface area (Å²) in [5, 5.41) is 6.12. The SMILES string of the molecule is NC(=O)C1(S(=O)(=O)O)C=C(N)N=N1. The smallest absolute Gasteiger partial charge is 0.306 e. The van der Waals surface area contributed by atoms with E-state index in [1.54, 1.807) is 0 Å². The number of amides is 1. The largest absolute Gasteiger partial charge is 0.382 e. The summed E-state index contributed by atoms with van der Waals surface area (Å²) in [6.45, 7) is 0. The van der Waals surface area contributed by atoms with Gasteiger partial charge in [0.25, 0.3) is 5.91 Å². The number of azo groups is 1. The molecule has 1 aliphatic rings. The highest BCUT2D eigenvalue weighted by atomic mass is 32.2. The van der Waals surface area contributed by atoms with Crippen LogP contribution in [-0.4, -0.2) is 23.7 Å². The van der Waals surface area contributed by atoms with E-state index in [0.717, 1.165) is 0 Å². The minimum atomic E-state index is -4.79. The highest BCUT2D eigenvalue weighted by Crippen LogP contribution is 2.26. The molecule has 0 radical (unpaired) electrons. The van der Waals surface area contributed by atoms with Crippen LogP contribution in [0, 0.1) is 0 Å². The second-order valence-electron chi connectivity index (χ2n) is 2.30. The highest BCUT2D eigenvalue weighted by molar-refractivity contribution is 7.88. The normalized spacial score (nSPS) is 27.3. The molecule has 1 amide bonds. The molecular formula is C4H6N4O4S. The number of primary amides is 1. The van der Waals surface area contributed by atoms with Gasteiger partial charge < -0.3 is 11.5 Å². The minimum absolute atomic E-state index is 0.295. The molecule has 1 unspecified atom stereocenters. The molecule has 0 saturated heterocycles. The highest BCUT2D eigenvalue weighted by Gasteiger charge is 2.50. The maximum atomic E-state index is 10.7. The van der Waals surface area contributed by atoms with Gasteiger partial charge in [-0.25, -0.2) is 0 Å². The van der Waals surface area contributed by atoms with Gasteiger partial charge in [0, 0.05) is 6.08 Å². The molecule has 72 valence electrons. The van der Waals surface area contributed by atoms with Gasteiger partial charge in [-0.3, -0.25) is 9.35 Å². The number of hydrogen-bond donors (Lipinski definition) is 3. The first-order valence-electron chi connectivity index (χ1n) is 2.98. The Morgan fingerprint density at radius 1 is 1.62 bits per heavy atom. The lowest BCUT2D eigenvalue weighted by atomic mass is 10.3. The van der Waals surface area contributed by atoms with Gasteiger partial charge in [-0.05, 0) is 0 Å². The van der Waals surface area contributed by atoms with Gasteiger partial charge in [-0.1, -0.05) is 0 Å². The quantitative estimate of drug-likeness (QED) is 0.461. The standard InChI is InChI=1S/C4H6N4O4S/c5-2-1-4(3(6)9,8-7-2)13(10,11)12/h1H,5H2,(H2,6,9)(H,10,11,12). The molecule has 0 aromatic rings. The van der Waals surface area contributed by atoms with Gasteiger partial charge in [0.1, 0.15) is 5.82 Å². The van der Waals surface area contributed by atoms with E-state index in [0.29, 0.717) is 6.08 Å². The predicted octanol–water partition coefficient (Wildman–Crippen LogP) is -1.68. The molecule has 0 aliphatic carbocycles. The fraction of sp³-hybridized carbons (Fsp3) is 0.250. The summed E-state index contributed by atoms with van der Waals surface area (Å²) in [4.78, 5) is 8.19. The summed E-state index contributed by atoms with van der Waals surface area (Å²) in [7, 11) is -4.79. The molecule has 0 fully saturated rings. The van der Waals surface area contributed by atoms with Crippen LogP contribution in [0.15, 0.2) is 22.1 Å². The molecule has 9 heteroatoms. The predicted molar refractivity (Wildman–Crippen MR) is 40.6 cm³/mol. The number of carbonyl (C=O) groups excluding carboxylic acids is 1. The molecule has 0 bridgehead atoms. The van der Waals surface area contributed by atoms with Crippen molar-refractivity contribution in [1.29, 1.82) is 0 Å². The van der Waals surface area contributed by atoms with Crippen molar-refractivity contribution in [2.75, 3.05) is 0 Å². The van der Waals surface area contributed by atoms with Crippen molar-refractivity contribution in [3.8, 4) is 0 Å². The van der Waals surface area contributed by atoms with Crippen LogP contribution in [0.25, 0.3) is 0 Å². The Morgan fingerprint density at radius 2 is 2.15 bits per heavy atom. The van der Waals surface area contributed by atoms with Crippen LogP contribution in [0.3, 0.4) is 0 Å². The first kappa shape index (κ1) is 9.61. The lowest BCUT2D eigenvalue weighted by Crippen LogP contribution is -2.46. The summed E-state index contributed by atoms with van der Waals surface area (Å²) in [6, 6.07) is 0. The first-order valence-corrected chi connectivity index (χ1v) is 4.42. The van der Waals surface area contributed by atoms with E-state index in [1.165, 1.54) is 0 Å². The third kappa shape index (κ3) is 1.27. The first-order chi connectivity index (χ1) is 5.79. The summed E-state index contributed by atoms with van der Waals surface area (Å²) < 4.78 is 30.2. The Bertz CT molecular complexity index is 410. The van der Waals surface area contributed by atoms with E-state index < -0.39 is 20.9 Å². The van der Waals surface area contributed by atoms with Gasteiger partial charge in [-0.15, -0.1) is 10.2 Å². The van der Waals surface area contributed by atoms with E-state index >= 15 is 0 Å². The summed E-state index contributed by atoms with van der Waals surface area (Å²) in [5.41, 5.74) is 9.81. The Balaban J connectivity index is 3.39. The lowest BCUT2D eigenvalue weighted by molar-refractivity contribution is -0.119. The van der Waals surface area contributed by atoms with Gasteiger partial charge in [-0.2, -0.15) is 8.42 Å². The number of rotatable bonds is 2. The molecule has 8 nitrogen and oxygen atoms in total. The van der Waals surface area contributed by atoms with E-state index in [2.05, 4.69) is 10.2 Å². The second-order valence-corrected chi connectivity index (χ2v) is 3.88. The lowest BCUT2D eigenvalue weighted by Gasteiger charge is -2.13. The summed E-state index contributed by atoms with van der Waals surface area (Å²) in [5.74, 6) is -1.66. The minimum Gasteiger partial charge on any atom is -0.382 e. The zero-order valence-corrected chi connectivity index (χ0v) is 7.02. The Labute approximate surface area is 73.1 Å². The van der Waals surface area contributed by atoms with E-state index in [-0.39, 0.29) is 5.82 Å². The zero-order valence-electron chi connectivity index (χ0n) is 6.21. The molecular weight excluding hydrogens is 200 g/mol. The fourth-order valence-electron chi connectivity index (χ4n) is 0.764. The summed E-state index contributed by atoms with van der Waals surface area (Å²) >= 11 is 0. The van der Waals surface area contributed by atoms with Crippen LogP contribution in [0.5, 0.6) is 0 Å². The molecule has 5 N–H and O–H groups in total. The van der Waals surface area contributed by atoms with Crippen molar-refractivity contribution >= 4 is 16.0 Å². The maximum Gasteiger partial charge on any atom is 0.306 e. The zero-order chi connectivity index (χ0) is 10.3. The van der Waals surface area contributed by atoms with Gasteiger partial charge >= 0.3 is 15.0 Å². The number of nitrogens with two attached hydrogens (primary N) is 2. The van der Waals surface area contributed by atoms with Gasteiger partial charge in [0.15, 0.2) is 0 Å². The molecule has 1 atom stereocenters. The van der Waals surface area contributed by atoms with E-state index in [1.807, 2.05) is 0 Å². The van der Waals surface area contributed by atoms with Crippen molar-refractivity contribution in [2.45, 2.75) is 4.87 Å². The molecule has 1 aliphatic heterocycles. The molecule has 13 heavy (non-hydrogen) atoms. The van der Waals surface area contributed by atoms with Crippen LogP contribution in [0.4, 0.5) is 0 Å². The molecule has 0 saturated carbocycles. The van der Waals surface area contributed by atoms with Crippen LogP contribution in [-0.2, 0) is 14.9 Å². The third-order valence-electron chi connectivity index (χ3n) is 1.40. The molecule has 0 spiro atoms. The number of hydrogen-bond acceptors (Lipinski definition) is 6. The summed E-state index contributed by atoms with van der Waals surface area (Å²) in [6.07, 6.45) is 0.671. The average molecular weight is 206 g/mol.